The first-order chi connectivity index (χ1) is 18.5. The number of likely N-dealkylation sites (tertiary alicyclic amines) is 1. The predicted octanol–water partition coefficient (Wildman–Crippen LogP) is 4.96. The molecule has 7 nitrogen and oxygen atoms in total. The lowest BCUT2D eigenvalue weighted by Gasteiger charge is -2.25. The third kappa shape index (κ3) is 8.53. The zero-order chi connectivity index (χ0) is 27.4. The van der Waals surface area contributed by atoms with Crippen molar-refractivity contribution in [1.82, 2.24) is 9.88 Å². The first kappa shape index (κ1) is 29.6. The number of halogens is 1. The van der Waals surface area contributed by atoms with E-state index in [4.69, 9.17) is 19.2 Å². The molecule has 4 rings (SSSR count). The van der Waals surface area contributed by atoms with E-state index >= 15 is 4.39 Å². The second kappa shape index (κ2) is 14.8. The Morgan fingerprint density at radius 2 is 2.08 bits per heavy atom. The number of methoxy groups -OCH3 is 2. The number of hydrogen-bond acceptors (Lipinski definition) is 7. The van der Waals surface area contributed by atoms with Crippen LogP contribution in [0.4, 0.5) is 10.2 Å². The zero-order valence-electron chi connectivity index (χ0n) is 22.8. The van der Waals surface area contributed by atoms with E-state index in [1.165, 1.54) is 12.7 Å². The van der Waals surface area contributed by atoms with E-state index in [2.05, 4.69) is 29.4 Å². The molecule has 0 amide bonds. The van der Waals surface area contributed by atoms with Gasteiger partial charge in [0.15, 0.2) is 0 Å². The molecule has 1 saturated heterocycles. The van der Waals surface area contributed by atoms with Crippen molar-refractivity contribution in [2.24, 2.45) is 0 Å². The Labute approximate surface area is 226 Å². The Morgan fingerprint density at radius 1 is 1.24 bits per heavy atom. The average molecular weight is 528 g/mol. The molecule has 2 aliphatic rings. The number of ether oxygens (including phenoxy) is 3. The van der Waals surface area contributed by atoms with Gasteiger partial charge in [-0.05, 0) is 61.4 Å². The van der Waals surface area contributed by atoms with Crippen LogP contribution in [0.25, 0.3) is 0 Å². The number of benzene rings is 1. The highest BCUT2D eigenvalue weighted by Gasteiger charge is 2.39. The molecule has 208 valence electrons. The van der Waals surface area contributed by atoms with Gasteiger partial charge >= 0.3 is 5.97 Å². The molecule has 38 heavy (non-hydrogen) atoms. The van der Waals surface area contributed by atoms with Crippen LogP contribution < -0.4 is 10.1 Å². The molecule has 0 bridgehead atoms. The molecule has 0 aliphatic carbocycles. The lowest BCUT2D eigenvalue weighted by Crippen LogP contribution is -2.33. The summed E-state index contributed by atoms with van der Waals surface area (Å²) in [6.07, 6.45) is 3.96. The van der Waals surface area contributed by atoms with Gasteiger partial charge in [-0.25, -0.2) is 9.37 Å². The molecule has 0 spiro atoms. The number of aryl methyl sites for hydroxylation is 2. The number of hydrogen-bond donors (Lipinski definition) is 1. The number of carbonyl (C=O) groups is 1. The Bertz CT molecular complexity index is 1040. The molecule has 0 radical (unpaired) electrons. The SMILES string of the molecule is C=C.COCCOc1cccc(C(CC(=O)OC)CN2CCC(F)(CCc3ccc4c(n3)NCCC4)C2)c1. The van der Waals surface area contributed by atoms with Gasteiger partial charge < -0.3 is 19.5 Å². The van der Waals surface area contributed by atoms with E-state index in [1.54, 1.807) is 7.11 Å². The van der Waals surface area contributed by atoms with Crippen LogP contribution in [0.3, 0.4) is 0 Å². The first-order valence-corrected chi connectivity index (χ1v) is 13.4. The number of rotatable bonds is 12. The van der Waals surface area contributed by atoms with Gasteiger partial charge in [-0.2, -0.15) is 0 Å². The Morgan fingerprint density at radius 3 is 2.87 bits per heavy atom. The molecule has 1 aromatic carbocycles. The monoisotopic (exact) mass is 527 g/mol. The molecule has 2 aromatic rings. The van der Waals surface area contributed by atoms with E-state index in [-0.39, 0.29) is 18.3 Å². The van der Waals surface area contributed by atoms with E-state index in [1.807, 2.05) is 30.3 Å². The standard InChI is InChI=1S/C28H38FN3O4.C2H4/c1-34-15-16-36-25-7-3-5-22(17-25)23(18-26(33)35-2)19-32-14-12-28(29,20-32)11-10-24-9-8-21-6-4-13-30-27(21)31-24;1-2/h3,5,7-9,17,23H,4,6,10-16,18-20H2,1-2H3,(H,30,31);1-2H2. The van der Waals surface area contributed by atoms with Gasteiger partial charge in [0.05, 0.1) is 20.1 Å². The summed E-state index contributed by atoms with van der Waals surface area (Å²) in [7, 11) is 3.03. The second-order valence-electron chi connectivity index (χ2n) is 9.87. The van der Waals surface area contributed by atoms with Gasteiger partial charge in [0.2, 0.25) is 0 Å². The fraction of sp³-hybridized carbons (Fsp3) is 0.533. The highest BCUT2D eigenvalue weighted by Crippen LogP contribution is 2.34. The zero-order valence-corrected chi connectivity index (χ0v) is 22.8. The largest absolute Gasteiger partial charge is 0.491 e. The van der Waals surface area contributed by atoms with E-state index in [9.17, 15) is 4.79 Å². The number of aromatic nitrogens is 1. The van der Waals surface area contributed by atoms with Crippen LogP contribution in [0.15, 0.2) is 49.6 Å². The topological polar surface area (TPSA) is 72.9 Å². The number of nitrogens with one attached hydrogen (secondary N) is 1. The van der Waals surface area contributed by atoms with Crippen molar-refractivity contribution in [1.29, 1.82) is 0 Å². The minimum absolute atomic E-state index is 0.112. The highest BCUT2D eigenvalue weighted by atomic mass is 19.1. The molecule has 1 aromatic heterocycles. The number of esters is 1. The third-order valence-corrected chi connectivity index (χ3v) is 7.17. The van der Waals surface area contributed by atoms with Crippen LogP contribution in [0.2, 0.25) is 0 Å². The molecular weight excluding hydrogens is 485 g/mol. The lowest BCUT2D eigenvalue weighted by atomic mass is 9.94. The number of nitrogens with zero attached hydrogens (tertiary/aromatic N) is 2. The van der Waals surface area contributed by atoms with Crippen LogP contribution in [-0.4, -0.2) is 75.1 Å². The van der Waals surface area contributed by atoms with Crippen molar-refractivity contribution >= 4 is 11.8 Å². The minimum atomic E-state index is -1.26. The minimum Gasteiger partial charge on any atom is -0.491 e. The van der Waals surface area contributed by atoms with E-state index < -0.39 is 5.67 Å². The maximum Gasteiger partial charge on any atom is 0.306 e. The number of fused-ring (bicyclic) bond motifs is 1. The summed E-state index contributed by atoms with van der Waals surface area (Å²) in [5, 5.41) is 3.36. The molecule has 3 heterocycles. The fourth-order valence-corrected chi connectivity index (χ4v) is 5.12. The molecule has 8 heteroatoms. The Balaban J connectivity index is 0.00000195. The van der Waals surface area contributed by atoms with Crippen molar-refractivity contribution in [3.05, 3.63) is 66.4 Å². The van der Waals surface area contributed by atoms with Crippen LogP contribution in [-0.2, 0) is 27.1 Å². The van der Waals surface area contributed by atoms with Gasteiger partial charge in [-0.1, -0.05) is 18.2 Å². The number of pyridine rings is 1. The van der Waals surface area contributed by atoms with Crippen molar-refractivity contribution in [3.63, 3.8) is 0 Å². The van der Waals surface area contributed by atoms with Gasteiger partial charge in [0, 0.05) is 44.9 Å². The molecule has 1 N–H and O–H groups in total. The van der Waals surface area contributed by atoms with Crippen LogP contribution in [0.5, 0.6) is 5.75 Å². The van der Waals surface area contributed by atoms with Gasteiger partial charge in [0.1, 0.15) is 23.8 Å². The molecule has 2 atom stereocenters. The number of alkyl halides is 1. The van der Waals surface area contributed by atoms with Crippen molar-refractivity contribution in [3.8, 4) is 5.75 Å². The lowest BCUT2D eigenvalue weighted by molar-refractivity contribution is -0.141. The smallest absolute Gasteiger partial charge is 0.306 e. The summed E-state index contributed by atoms with van der Waals surface area (Å²) in [5.74, 6) is 1.30. The van der Waals surface area contributed by atoms with Crippen molar-refractivity contribution in [2.45, 2.75) is 50.1 Å². The molecular formula is C30H42FN3O4. The first-order valence-electron chi connectivity index (χ1n) is 13.4. The summed E-state index contributed by atoms with van der Waals surface area (Å²) in [4.78, 5) is 19.0. The summed E-state index contributed by atoms with van der Waals surface area (Å²) in [5.41, 5.74) is 1.91. The Kier molecular flexibility index (Phi) is 11.5. The van der Waals surface area contributed by atoms with Gasteiger partial charge in [-0.3, -0.25) is 9.69 Å². The normalized spacial score (nSPS) is 19.4. The molecule has 2 aliphatic heterocycles. The molecule has 0 saturated carbocycles. The maximum atomic E-state index is 15.8. The molecule has 2 unspecified atom stereocenters. The summed E-state index contributed by atoms with van der Waals surface area (Å²) in [6.45, 7) is 9.51. The molecule has 1 fully saturated rings. The quantitative estimate of drug-likeness (QED) is 0.238. The summed E-state index contributed by atoms with van der Waals surface area (Å²) < 4.78 is 31.6. The number of carbonyl (C=O) groups excluding carboxylic acids is 1. The second-order valence-corrected chi connectivity index (χ2v) is 9.87. The van der Waals surface area contributed by atoms with Gasteiger partial charge in [-0.15, -0.1) is 13.2 Å². The summed E-state index contributed by atoms with van der Waals surface area (Å²) >= 11 is 0. The van der Waals surface area contributed by atoms with Crippen molar-refractivity contribution in [2.75, 3.05) is 58.9 Å². The van der Waals surface area contributed by atoms with Crippen LogP contribution >= 0.6 is 0 Å². The predicted molar refractivity (Wildman–Crippen MR) is 149 cm³/mol. The van der Waals surface area contributed by atoms with Crippen LogP contribution in [0, 0.1) is 0 Å². The maximum absolute atomic E-state index is 15.8. The average Bonchev–Trinajstić information content (AvgIpc) is 3.33. The van der Waals surface area contributed by atoms with E-state index in [0.29, 0.717) is 52.1 Å². The Hall–Kier alpha value is -2.97. The highest BCUT2D eigenvalue weighted by molar-refractivity contribution is 5.70. The van der Waals surface area contributed by atoms with E-state index in [0.717, 1.165) is 42.2 Å². The third-order valence-electron chi connectivity index (χ3n) is 7.17. The van der Waals surface area contributed by atoms with Gasteiger partial charge in [0.25, 0.3) is 0 Å². The van der Waals surface area contributed by atoms with Crippen LogP contribution in [0.1, 0.15) is 48.4 Å². The van der Waals surface area contributed by atoms with Crippen molar-refractivity contribution < 1.29 is 23.4 Å². The fourth-order valence-electron chi connectivity index (χ4n) is 5.12. The summed E-state index contributed by atoms with van der Waals surface area (Å²) in [6, 6.07) is 11.9. The number of anilines is 1.